The van der Waals surface area contributed by atoms with Crippen molar-refractivity contribution in [1.82, 2.24) is 20.5 Å². The Kier molecular flexibility index (Phi) is 10.8. The zero-order chi connectivity index (χ0) is 21.3. The molecule has 1 saturated heterocycles. The lowest BCUT2D eigenvalue weighted by molar-refractivity contribution is -0.121. The predicted octanol–water partition coefficient (Wildman–Crippen LogP) is 3.58. The monoisotopic (exact) mass is 543 g/mol. The van der Waals surface area contributed by atoms with E-state index in [1.807, 2.05) is 25.4 Å². The van der Waals surface area contributed by atoms with E-state index in [9.17, 15) is 4.79 Å². The number of guanidine groups is 1. The highest BCUT2D eigenvalue weighted by Gasteiger charge is 2.23. The second kappa shape index (κ2) is 13.1. The largest absolute Gasteiger partial charge is 0.474 e. The van der Waals surface area contributed by atoms with Crippen LogP contribution in [0.1, 0.15) is 57.4 Å². The van der Waals surface area contributed by atoms with Gasteiger partial charge in [-0.3, -0.25) is 9.79 Å². The number of amides is 1. The normalized spacial score (nSPS) is 22.4. The number of ether oxygens (including phenoxy) is 1. The Balaban J connectivity index is 0.00000341. The maximum Gasteiger partial charge on any atom is 0.220 e. The number of piperidine rings is 1. The summed E-state index contributed by atoms with van der Waals surface area (Å²) in [6.07, 6.45) is 9.48. The average Bonchev–Trinajstić information content (AvgIpc) is 2.77. The first-order chi connectivity index (χ1) is 14.6. The van der Waals surface area contributed by atoms with Gasteiger partial charge in [0.15, 0.2) is 5.96 Å². The summed E-state index contributed by atoms with van der Waals surface area (Å²) in [7, 11) is 3.53. The van der Waals surface area contributed by atoms with Crippen LogP contribution in [0, 0.1) is 11.8 Å². The highest BCUT2D eigenvalue weighted by atomic mass is 127. The summed E-state index contributed by atoms with van der Waals surface area (Å²) in [6, 6.07) is 4.06. The maximum absolute atomic E-state index is 11.6. The van der Waals surface area contributed by atoms with Crippen LogP contribution in [-0.4, -0.2) is 55.0 Å². The van der Waals surface area contributed by atoms with Gasteiger partial charge in [0.2, 0.25) is 11.8 Å². The van der Waals surface area contributed by atoms with Gasteiger partial charge in [0, 0.05) is 52.4 Å². The summed E-state index contributed by atoms with van der Waals surface area (Å²) < 4.78 is 6.13. The molecule has 1 saturated carbocycles. The number of nitrogens with zero attached hydrogens (tertiary/aromatic N) is 3. The van der Waals surface area contributed by atoms with E-state index in [1.54, 1.807) is 7.05 Å². The van der Waals surface area contributed by atoms with E-state index in [2.05, 4.69) is 32.4 Å². The molecule has 0 atom stereocenters. The number of hydrogen-bond acceptors (Lipinski definition) is 4. The molecule has 0 spiro atoms. The van der Waals surface area contributed by atoms with Crippen LogP contribution in [0.2, 0.25) is 0 Å². The van der Waals surface area contributed by atoms with Crippen molar-refractivity contribution < 1.29 is 9.53 Å². The van der Waals surface area contributed by atoms with Crippen LogP contribution in [0.15, 0.2) is 23.3 Å². The highest BCUT2D eigenvalue weighted by molar-refractivity contribution is 14.0. The van der Waals surface area contributed by atoms with Gasteiger partial charge in [0.25, 0.3) is 0 Å². The summed E-state index contributed by atoms with van der Waals surface area (Å²) in [5.41, 5.74) is 1.14. The molecule has 7 nitrogen and oxygen atoms in total. The standard InChI is InChI=1S/C23H37N5O2.HI/c1-17-4-6-20(7-5-17)30-22-15-19(8-11-26-22)16-27-23(25-3)28-12-9-18(10-13-28)14-21(29)24-2;/h8,11,15,17-18,20H,4-7,9-10,12-14,16H2,1-3H3,(H,24,29)(H,25,27);1H. The molecular weight excluding hydrogens is 505 g/mol. The van der Waals surface area contributed by atoms with Crippen molar-refractivity contribution in [3.63, 3.8) is 0 Å². The molecule has 0 radical (unpaired) electrons. The van der Waals surface area contributed by atoms with Crippen molar-refractivity contribution in [3.8, 4) is 5.88 Å². The van der Waals surface area contributed by atoms with Crippen molar-refractivity contribution in [2.75, 3.05) is 27.2 Å². The molecule has 1 aromatic rings. The minimum atomic E-state index is 0. The minimum absolute atomic E-state index is 0. The Morgan fingerprint density at radius 3 is 2.58 bits per heavy atom. The van der Waals surface area contributed by atoms with E-state index in [4.69, 9.17) is 4.74 Å². The zero-order valence-electron chi connectivity index (χ0n) is 19.1. The first-order valence-corrected chi connectivity index (χ1v) is 11.3. The Morgan fingerprint density at radius 1 is 1.23 bits per heavy atom. The summed E-state index contributed by atoms with van der Waals surface area (Å²) in [5, 5.41) is 6.20. The Labute approximate surface area is 203 Å². The first kappa shape index (κ1) is 25.7. The van der Waals surface area contributed by atoms with Gasteiger partial charge < -0.3 is 20.3 Å². The van der Waals surface area contributed by atoms with Gasteiger partial charge >= 0.3 is 0 Å². The molecule has 0 bridgehead atoms. The Morgan fingerprint density at radius 2 is 1.94 bits per heavy atom. The highest BCUT2D eigenvalue weighted by Crippen LogP contribution is 2.26. The number of pyridine rings is 1. The molecule has 1 aliphatic carbocycles. The van der Waals surface area contributed by atoms with Gasteiger partial charge in [-0.15, -0.1) is 24.0 Å². The molecule has 0 unspecified atom stereocenters. The molecule has 3 rings (SSSR count). The number of carbonyl (C=O) groups is 1. The van der Waals surface area contributed by atoms with Gasteiger partial charge in [-0.05, 0) is 62.0 Å². The average molecular weight is 543 g/mol. The molecule has 31 heavy (non-hydrogen) atoms. The number of carbonyl (C=O) groups excluding carboxylic acids is 1. The van der Waals surface area contributed by atoms with Gasteiger partial charge in [0.05, 0.1) is 0 Å². The summed E-state index contributed by atoms with van der Waals surface area (Å²) in [5.74, 6) is 3.04. The molecule has 2 fully saturated rings. The lowest BCUT2D eigenvalue weighted by Gasteiger charge is -2.34. The number of halogens is 1. The lowest BCUT2D eigenvalue weighted by Crippen LogP contribution is -2.45. The molecule has 1 amide bonds. The molecule has 0 aromatic carbocycles. The van der Waals surface area contributed by atoms with E-state index in [-0.39, 0.29) is 29.9 Å². The van der Waals surface area contributed by atoms with Gasteiger partial charge in [-0.1, -0.05) is 6.92 Å². The van der Waals surface area contributed by atoms with E-state index >= 15 is 0 Å². The first-order valence-electron chi connectivity index (χ1n) is 11.3. The van der Waals surface area contributed by atoms with Crippen LogP contribution in [0.4, 0.5) is 0 Å². The van der Waals surface area contributed by atoms with Crippen LogP contribution in [0.3, 0.4) is 0 Å². The molecule has 8 heteroatoms. The number of likely N-dealkylation sites (tertiary alicyclic amines) is 1. The molecule has 1 aliphatic heterocycles. The summed E-state index contributed by atoms with van der Waals surface area (Å²) in [4.78, 5) is 22.7. The van der Waals surface area contributed by atoms with Crippen molar-refractivity contribution in [1.29, 1.82) is 0 Å². The van der Waals surface area contributed by atoms with Crippen LogP contribution in [0.25, 0.3) is 0 Å². The third kappa shape index (κ3) is 8.12. The third-order valence-corrected chi connectivity index (χ3v) is 6.38. The van der Waals surface area contributed by atoms with E-state index in [0.29, 0.717) is 25.0 Å². The van der Waals surface area contributed by atoms with Crippen molar-refractivity contribution >= 4 is 35.8 Å². The van der Waals surface area contributed by atoms with Crippen LogP contribution in [0.5, 0.6) is 5.88 Å². The fraction of sp³-hybridized carbons (Fsp3) is 0.696. The molecule has 2 N–H and O–H groups in total. The quantitative estimate of drug-likeness (QED) is 0.326. The molecule has 2 heterocycles. The van der Waals surface area contributed by atoms with E-state index < -0.39 is 0 Å². The molecule has 1 aromatic heterocycles. The summed E-state index contributed by atoms with van der Waals surface area (Å²) in [6.45, 7) is 4.85. The second-order valence-corrected chi connectivity index (χ2v) is 8.71. The third-order valence-electron chi connectivity index (χ3n) is 6.38. The van der Waals surface area contributed by atoms with Crippen LogP contribution >= 0.6 is 24.0 Å². The minimum Gasteiger partial charge on any atom is -0.474 e. The van der Waals surface area contributed by atoms with Crippen LogP contribution in [-0.2, 0) is 11.3 Å². The predicted molar refractivity (Wildman–Crippen MR) is 135 cm³/mol. The van der Waals surface area contributed by atoms with E-state index in [1.165, 1.54) is 12.8 Å². The number of aromatic nitrogens is 1. The maximum atomic E-state index is 11.6. The molecule has 174 valence electrons. The van der Waals surface area contributed by atoms with Crippen molar-refractivity contribution in [3.05, 3.63) is 23.9 Å². The second-order valence-electron chi connectivity index (χ2n) is 8.71. The van der Waals surface area contributed by atoms with Crippen molar-refractivity contribution in [2.45, 2.75) is 64.5 Å². The fourth-order valence-electron chi connectivity index (χ4n) is 4.37. The van der Waals surface area contributed by atoms with Gasteiger partial charge in [-0.2, -0.15) is 0 Å². The number of rotatable bonds is 6. The SMILES string of the molecule is CN=C(NCc1ccnc(OC2CCC(C)CC2)c1)N1CCC(CC(=O)NC)CC1.I. The lowest BCUT2D eigenvalue weighted by atomic mass is 9.89. The molecular formula is C23H38IN5O2. The zero-order valence-corrected chi connectivity index (χ0v) is 21.4. The van der Waals surface area contributed by atoms with E-state index in [0.717, 1.165) is 62.1 Å². The topological polar surface area (TPSA) is 78.9 Å². The number of nitrogens with one attached hydrogen (secondary N) is 2. The van der Waals surface area contributed by atoms with Crippen molar-refractivity contribution in [2.24, 2.45) is 16.8 Å². The number of hydrogen-bond donors (Lipinski definition) is 2. The fourth-order valence-corrected chi connectivity index (χ4v) is 4.37. The van der Waals surface area contributed by atoms with Gasteiger partial charge in [0.1, 0.15) is 6.10 Å². The summed E-state index contributed by atoms with van der Waals surface area (Å²) >= 11 is 0. The Hall–Kier alpha value is -1.58. The van der Waals surface area contributed by atoms with Gasteiger partial charge in [-0.25, -0.2) is 4.98 Å². The smallest absolute Gasteiger partial charge is 0.220 e. The number of aliphatic imine (C=N–C) groups is 1. The molecule has 2 aliphatic rings. The van der Waals surface area contributed by atoms with Crippen LogP contribution < -0.4 is 15.4 Å². The Bertz CT molecular complexity index is 714.